The van der Waals surface area contributed by atoms with Crippen LogP contribution in [0.5, 0.6) is 11.5 Å². The highest BCUT2D eigenvalue weighted by molar-refractivity contribution is 6.10. The van der Waals surface area contributed by atoms with Crippen LogP contribution in [-0.2, 0) is 15.1 Å². The van der Waals surface area contributed by atoms with E-state index in [0.29, 0.717) is 22.7 Å². The molecule has 8 heteroatoms. The van der Waals surface area contributed by atoms with Crippen molar-refractivity contribution in [2.45, 2.75) is 12.5 Å². The standard InChI is InChI=1S/C22H21N3O5/c1-3-11-24(16-7-5-4-6-8-16)19(26)13-25-20(27)22(2,23-21(25)28)15-9-10-17-18(12-15)30-14-29-17/h3-10,12H,1,11,13-14H2,2H3,(H,23,28)/t22-/m0/s1. The summed E-state index contributed by atoms with van der Waals surface area (Å²) in [5, 5.41) is 2.70. The summed E-state index contributed by atoms with van der Waals surface area (Å²) in [6.07, 6.45) is 1.59. The lowest BCUT2D eigenvalue weighted by atomic mass is 9.91. The number of nitrogens with zero attached hydrogens (tertiary/aromatic N) is 2. The van der Waals surface area contributed by atoms with Gasteiger partial charge < -0.3 is 19.7 Å². The summed E-state index contributed by atoms with van der Waals surface area (Å²) < 4.78 is 10.7. The van der Waals surface area contributed by atoms with E-state index in [9.17, 15) is 14.4 Å². The maximum Gasteiger partial charge on any atom is 0.325 e. The Bertz CT molecular complexity index is 1020. The Morgan fingerprint density at radius 2 is 1.93 bits per heavy atom. The molecule has 2 aromatic carbocycles. The quantitative estimate of drug-likeness (QED) is 0.587. The molecule has 4 amide bonds. The molecule has 0 aliphatic carbocycles. The third kappa shape index (κ3) is 3.26. The van der Waals surface area contributed by atoms with Gasteiger partial charge in [-0.25, -0.2) is 4.79 Å². The van der Waals surface area contributed by atoms with Gasteiger partial charge in [0.25, 0.3) is 5.91 Å². The number of hydrogen-bond donors (Lipinski definition) is 1. The molecule has 0 unspecified atom stereocenters. The molecule has 0 aromatic heterocycles. The molecule has 2 aromatic rings. The summed E-state index contributed by atoms with van der Waals surface area (Å²) in [5.41, 5.74) is -0.104. The van der Waals surface area contributed by atoms with E-state index in [2.05, 4.69) is 11.9 Å². The number of fused-ring (bicyclic) bond motifs is 1. The van der Waals surface area contributed by atoms with Gasteiger partial charge in [0.1, 0.15) is 12.1 Å². The van der Waals surface area contributed by atoms with Crippen LogP contribution < -0.4 is 19.7 Å². The van der Waals surface area contributed by atoms with Gasteiger partial charge in [-0.1, -0.05) is 30.3 Å². The molecule has 1 fully saturated rings. The van der Waals surface area contributed by atoms with Gasteiger partial charge in [-0.15, -0.1) is 6.58 Å². The summed E-state index contributed by atoms with van der Waals surface area (Å²) in [5.74, 6) is 0.187. The second kappa shape index (κ2) is 7.55. The first-order valence-electron chi connectivity index (χ1n) is 9.44. The van der Waals surface area contributed by atoms with E-state index >= 15 is 0 Å². The van der Waals surface area contributed by atoms with Gasteiger partial charge in [-0.3, -0.25) is 14.5 Å². The van der Waals surface area contributed by atoms with Crippen molar-refractivity contribution in [1.29, 1.82) is 0 Å². The number of benzene rings is 2. The van der Waals surface area contributed by atoms with E-state index in [0.717, 1.165) is 4.90 Å². The minimum absolute atomic E-state index is 0.106. The molecule has 1 atom stereocenters. The van der Waals surface area contributed by atoms with Gasteiger partial charge >= 0.3 is 6.03 Å². The SMILES string of the molecule is C=CCN(C(=O)CN1C(=O)N[C@@](C)(c2ccc3c(c2)OCO3)C1=O)c1ccccc1. The number of para-hydroxylation sites is 1. The van der Waals surface area contributed by atoms with Crippen LogP contribution in [0, 0.1) is 0 Å². The number of amides is 4. The van der Waals surface area contributed by atoms with Crippen molar-refractivity contribution < 1.29 is 23.9 Å². The number of carbonyl (C=O) groups is 3. The van der Waals surface area contributed by atoms with E-state index in [4.69, 9.17) is 9.47 Å². The Hall–Kier alpha value is -3.81. The number of nitrogens with one attached hydrogen (secondary N) is 1. The van der Waals surface area contributed by atoms with Crippen LogP contribution in [0.3, 0.4) is 0 Å². The fraction of sp³-hybridized carbons (Fsp3) is 0.227. The minimum atomic E-state index is -1.31. The first-order chi connectivity index (χ1) is 14.4. The Morgan fingerprint density at radius 3 is 2.67 bits per heavy atom. The van der Waals surface area contributed by atoms with Crippen LogP contribution in [0.4, 0.5) is 10.5 Å². The van der Waals surface area contributed by atoms with E-state index in [1.54, 1.807) is 43.3 Å². The maximum atomic E-state index is 13.2. The second-order valence-corrected chi connectivity index (χ2v) is 7.14. The monoisotopic (exact) mass is 407 g/mol. The lowest BCUT2D eigenvalue weighted by Gasteiger charge is -2.25. The number of carbonyl (C=O) groups excluding carboxylic acids is 3. The van der Waals surface area contributed by atoms with Crippen molar-refractivity contribution >= 4 is 23.5 Å². The fourth-order valence-corrected chi connectivity index (χ4v) is 3.55. The van der Waals surface area contributed by atoms with Crippen LogP contribution >= 0.6 is 0 Å². The number of urea groups is 1. The lowest BCUT2D eigenvalue weighted by Crippen LogP contribution is -2.44. The second-order valence-electron chi connectivity index (χ2n) is 7.14. The zero-order chi connectivity index (χ0) is 21.3. The highest BCUT2D eigenvalue weighted by Gasteiger charge is 2.50. The molecular weight excluding hydrogens is 386 g/mol. The van der Waals surface area contributed by atoms with Crippen LogP contribution in [0.1, 0.15) is 12.5 Å². The number of anilines is 1. The van der Waals surface area contributed by atoms with Crippen molar-refractivity contribution in [3.63, 3.8) is 0 Å². The molecule has 0 spiro atoms. The van der Waals surface area contributed by atoms with Gasteiger partial charge in [0, 0.05) is 12.2 Å². The topological polar surface area (TPSA) is 88.2 Å². The van der Waals surface area contributed by atoms with E-state index in [-0.39, 0.29) is 25.8 Å². The first kappa shape index (κ1) is 19.5. The molecule has 30 heavy (non-hydrogen) atoms. The highest BCUT2D eigenvalue weighted by atomic mass is 16.7. The van der Waals surface area contributed by atoms with Crippen LogP contribution in [0.2, 0.25) is 0 Å². The molecule has 0 bridgehead atoms. The molecule has 0 radical (unpaired) electrons. The van der Waals surface area contributed by atoms with E-state index < -0.39 is 17.5 Å². The molecule has 2 aliphatic heterocycles. The summed E-state index contributed by atoms with van der Waals surface area (Å²) in [7, 11) is 0. The zero-order valence-corrected chi connectivity index (χ0v) is 16.5. The average molecular weight is 407 g/mol. The van der Waals surface area contributed by atoms with E-state index in [1.165, 1.54) is 4.90 Å². The molecule has 4 rings (SSSR count). The maximum absolute atomic E-state index is 13.2. The molecule has 1 saturated heterocycles. The molecule has 0 saturated carbocycles. The van der Waals surface area contributed by atoms with E-state index in [1.807, 2.05) is 18.2 Å². The fourth-order valence-electron chi connectivity index (χ4n) is 3.55. The summed E-state index contributed by atoms with van der Waals surface area (Å²) in [6.45, 7) is 5.27. The van der Waals surface area contributed by atoms with Gasteiger partial charge in [0.15, 0.2) is 11.5 Å². The number of ether oxygens (including phenoxy) is 2. The lowest BCUT2D eigenvalue weighted by molar-refractivity contribution is -0.134. The molecular formula is C22H21N3O5. The Kier molecular flexibility index (Phi) is 4.91. The third-order valence-electron chi connectivity index (χ3n) is 5.20. The van der Waals surface area contributed by atoms with Crippen molar-refractivity contribution in [2.75, 3.05) is 24.8 Å². The van der Waals surface area contributed by atoms with Gasteiger partial charge in [-0.2, -0.15) is 0 Å². The minimum Gasteiger partial charge on any atom is -0.454 e. The molecule has 154 valence electrons. The molecule has 2 aliphatic rings. The average Bonchev–Trinajstić information content (AvgIpc) is 3.31. The highest BCUT2D eigenvalue weighted by Crippen LogP contribution is 2.37. The molecule has 1 N–H and O–H groups in total. The first-order valence-corrected chi connectivity index (χ1v) is 9.44. The van der Waals surface area contributed by atoms with Crippen LogP contribution in [0.15, 0.2) is 61.2 Å². The summed E-state index contributed by atoms with van der Waals surface area (Å²) >= 11 is 0. The van der Waals surface area contributed by atoms with Crippen molar-refractivity contribution in [3.8, 4) is 11.5 Å². The van der Waals surface area contributed by atoms with Gasteiger partial charge in [-0.05, 0) is 36.8 Å². The molecule has 8 nitrogen and oxygen atoms in total. The third-order valence-corrected chi connectivity index (χ3v) is 5.20. The Labute approximate surface area is 173 Å². The van der Waals surface area contributed by atoms with Crippen molar-refractivity contribution in [3.05, 3.63) is 66.7 Å². The zero-order valence-electron chi connectivity index (χ0n) is 16.5. The predicted octanol–water partition coefficient (Wildman–Crippen LogP) is 2.40. The number of rotatable bonds is 6. The number of imide groups is 1. The normalized spacial score (nSPS) is 19.6. The predicted molar refractivity (Wildman–Crippen MR) is 109 cm³/mol. The largest absolute Gasteiger partial charge is 0.454 e. The number of hydrogen-bond acceptors (Lipinski definition) is 5. The van der Waals surface area contributed by atoms with Crippen LogP contribution in [0.25, 0.3) is 0 Å². The van der Waals surface area contributed by atoms with Crippen molar-refractivity contribution in [2.24, 2.45) is 0 Å². The van der Waals surface area contributed by atoms with Crippen LogP contribution in [-0.4, -0.2) is 42.6 Å². The Balaban J connectivity index is 1.56. The smallest absolute Gasteiger partial charge is 0.325 e. The van der Waals surface area contributed by atoms with Gasteiger partial charge in [0.2, 0.25) is 12.7 Å². The van der Waals surface area contributed by atoms with Gasteiger partial charge in [0.05, 0.1) is 0 Å². The summed E-state index contributed by atoms with van der Waals surface area (Å²) in [4.78, 5) is 41.1. The summed E-state index contributed by atoms with van der Waals surface area (Å²) in [6, 6.07) is 13.5. The Morgan fingerprint density at radius 1 is 1.20 bits per heavy atom. The van der Waals surface area contributed by atoms with Crippen molar-refractivity contribution in [1.82, 2.24) is 10.2 Å². The molecule has 2 heterocycles.